The molecule has 0 spiro atoms. The number of carboxylic acids is 2. The zero-order chi connectivity index (χ0) is 33.1. The number of aliphatic carboxylic acids is 2. The lowest BCUT2D eigenvalue weighted by Gasteiger charge is -2.19. The maximum atomic E-state index is 13.3. The Balaban J connectivity index is 1.73. The number of carboxylic acid groups (broad SMARTS) is 2. The molecule has 2 aliphatic heterocycles. The van der Waals surface area contributed by atoms with Crippen LogP contribution in [0.2, 0.25) is 0 Å². The maximum Gasteiger partial charge on any atom is 0.323 e. The van der Waals surface area contributed by atoms with Crippen LogP contribution in [0, 0.1) is 6.92 Å². The van der Waals surface area contributed by atoms with E-state index in [-0.39, 0.29) is 30.6 Å². The highest BCUT2D eigenvalue weighted by Gasteiger charge is 2.35. The molecule has 3 heterocycles. The van der Waals surface area contributed by atoms with E-state index in [1.807, 2.05) is 36.9 Å². The predicted octanol–water partition coefficient (Wildman–Crippen LogP) is 1.88. The number of hydrogen-bond donors (Lipinski definition) is 3. The van der Waals surface area contributed by atoms with E-state index in [1.165, 1.54) is 6.08 Å². The average Bonchev–Trinajstić information content (AvgIpc) is 3.54. The normalized spacial score (nSPS) is 17.8. The van der Waals surface area contributed by atoms with Crippen LogP contribution in [0.1, 0.15) is 31.7 Å². The fourth-order valence-corrected chi connectivity index (χ4v) is 7.52. The number of fused-ring (bicyclic) bond motifs is 1. The molecule has 2 aliphatic rings. The van der Waals surface area contributed by atoms with Gasteiger partial charge in [-0.2, -0.15) is 8.42 Å². The monoisotopic (exact) mass is 695 g/mol. The van der Waals surface area contributed by atoms with Crippen LogP contribution in [-0.4, -0.2) is 73.7 Å². The first-order chi connectivity index (χ1) is 21.2. The number of aromatic nitrogens is 1. The van der Waals surface area contributed by atoms with Gasteiger partial charge >= 0.3 is 11.9 Å². The molecule has 3 N–H and O–H groups in total. The molecule has 1 saturated heterocycles. The van der Waals surface area contributed by atoms with Crippen LogP contribution in [0.25, 0.3) is 11.0 Å². The van der Waals surface area contributed by atoms with E-state index in [1.54, 1.807) is 12.2 Å². The average molecular weight is 696 g/mol. The SMILES string of the molecule is CCC(/C=C1\Oc2ccc(C)cc2N1CCCCS(=O)(=O)O)=C\C=c1/s/c(=C2/SC(=S)N(CC(=O)O)C2=O)n(CC(=O)O)c1=O. The molecule has 0 saturated carbocycles. The lowest BCUT2D eigenvalue weighted by Crippen LogP contribution is -2.36. The summed E-state index contributed by atoms with van der Waals surface area (Å²) in [4.78, 5) is 51.8. The maximum absolute atomic E-state index is 13.3. The quantitative estimate of drug-likeness (QED) is 0.166. The Hall–Kier alpha value is -3.77. The molecule has 13 nitrogen and oxygen atoms in total. The minimum atomic E-state index is -4.08. The van der Waals surface area contributed by atoms with E-state index >= 15 is 0 Å². The van der Waals surface area contributed by atoms with Crippen LogP contribution in [0.15, 0.2) is 46.6 Å². The molecule has 1 amide bonds. The van der Waals surface area contributed by atoms with Gasteiger partial charge in [0.05, 0.1) is 16.0 Å². The van der Waals surface area contributed by atoms with Crippen LogP contribution < -0.4 is 24.4 Å². The molecule has 0 bridgehead atoms. The van der Waals surface area contributed by atoms with Crippen molar-refractivity contribution in [3.05, 3.63) is 66.9 Å². The van der Waals surface area contributed by atoms with Crippen molar-refractivity contribution in [2.45, 2.75) is 39.7 Å². The summed E-state index contributed by atoms with van der Waals surface area (Å²) >= 11 is 6.86. The van der Waals surface area contributed by atoms with Gasteiger partial charge in [0, 0.05) is 12.6 Å². The van der Waals surface area contributed by atoms with Crippen LogP contribution >= 0.6 is 35.3 Å². The van der Waals surface area contributed by atoms with Gasteiger partial charge in [-0.05, 0) is 55.5 Å². The minimum absolute atomic E-state index is 0.0132. The number of unbranched alkanes of at least 4 members (excludes halogenated alkanes) is 1. The van der Waals surface area contributed by atoms with Crippen molar-refractivity contribution in [2.24, 2.45) is 0 Å². The number of thiazole rings is 1. The van der Waals surface area contributed by atoms with E-state index in [0.29, 0.717) is 31.0 Å². The molecule has 1 aromatic carbocycles. The Morgan fingerprint density at radius 1 is 1.09 bits per heavy atom. The summed E-state index contributed by atoms with van der Waals surface area (Å²) < 4.78 is 38.7. The van der Waals surface area contributed by atoms with Crippen LogP contribution in [0.4, 0.5) is 5.69 Å². The third-order valence-corrected chi connectivity index (χ3v) is 10.1. The highest BCUT2D eigenvalue weighted by molar-refractivity contribution is 8.30. The first kappa shape index (κ1) is 34.1. The minimum Gasteiger partial charge on any atom is -0.480 e. The Labute approximate surface area is 271 Å². The van der Waals surface area contributed by atoms with Gasteiger partial charge in [-0.3, -0.25) is 33.2 Å². The summed E-state index contributed by atoms with van der Waals surface area (Å²) in [6.45, 7) is 2.86. The number of thioether (sulfide) groups is 1. The van der Waals surface area contributed by atoms with E-state index in [0.717, 1.165) is 49.4 Å². The zero-order valence-corrected chi connectivity index (χ0v) is 27.4. The van der Waals surface area contributed by atoms with Gasteiger partial charge in [0.1, 0.15) is 27.0 Å². The number of benzene rings is 1. The number of thiocarbonyl (C=S) groups is 1. The molecule has 1 fully saturated rings. The molecule has 17 heteroatoms. The third kappa shape index (κ3) is 8.29. The molecule has 0 atom stereocenters. The molecule has 45 heavy (non-hydrogen) atoms. The summed E-state index contributed by atoms with van der Waals surface area (Å²) in [5.74, 6) is -2.56. The zero-order valence-electron chi connectivity index (χ0n) is 24.1. The Bertz CT molecular complexity index is 1920. The summed E-state index contributed by atoms with van der Waals surface area (Å²) in [5, 5.41) is 18.6. The van der Waals surface area contributed by atoms with Gasteiger partial charge in [0.15, 0.2) is 5.75 Å². The van der Waals surface area contributed by atoms with E-state index in [9.17, 15) is 32.7 Å². The van der Waals surface area contributed by atoms with Crippen LogP contribution in [0.5, 0.6) is 5.75 Å². The molecular weight excluding hydrogens is 667 g/mol. The molecule has 240 valence electrons. The highest BCUT2D eigenvalue weighted by Crippen LogP contribution is 2.40. The Kier molecular flexibility index (Phi) is 10.7. The summed E-state index contributed by atoms with van der Waals surface area (Å²) in [7, 11) is -4.08. The van der Waals surface area contributed by atoms with Crippen LogP contribution in [-0.2, 0) is 31.0 Å². The van der Waals surface area contributed by atoms with Gasteiger partial charge in [-0.25, -0.2) is 0 Å². The molecular formula is C28H29N3O10S4. The van der Waals surface area contributed by atoms with Gasteiger partial charge in [0.25, 0.3) is 21.6 Å². The van der Waals surface area contributed by atoms with Crippen LogP contribution in [0.3, 0.4) is 0 Å². The topological polar surface area (TPSA) is 184 Å². The third-order valence-electron chi connectivity index (χ3n) is 6.62. The largest absolute Gasteiger partial charge is 0.480 e. The number of nitrogens with zero attached hydrogens (tertiary/aromatic N) is 3. The second kappa shape index (κ2) is 14.1. The van der Waals surface area contributed by atoms with Gasteiger partial charge in [-0.15, -0.1) is 11.3 Å². The predicted molar refractivity (Wildman–Crippen MR) is 174 cm³/mol. The number of carbonyl (C=O) groups excluding carboxylic acids is 1. The summed E-state index contributed by atoms with van der Waals surface area (Å²) in [6, 6.07) is 5.68. The molecule has 0 unspecified atom stereocenters. The fraction of sp³-hybridized carbons (Fsp3) is 0.321. The summed E-state index contributed by atoms with van der Waals surface area (Å²) in [5.41, 5.74) is 1.90. The van der Waals surface area contributed by atoms with Crippen molar-refractivity contribution in [3.63, 3.8) is 0 Å². The first-order valence-corrected chi connectivity index (χ1v) is 17.2. The van der Waals surface area contributed by atoms with Crippen molar-refractivity contribution < 1.29 is 42.3 Å². The van der Waals surface area contributed by atoms with E-state index in [4.69, 9.17) is 26.6 Å². The second-order valence-corrected chi connectivity index (χ2v) is 14.2. The Morgan fingerprint density at radius 2 is 1.80 bits per heavy atom. The standard InChI is InChI=1S/C28H29N3O10S4/c1-3-17(13-21-29(10-4-5-11-45(38,39)40)18-12-16(2)6-8-19(18)41-21)7-9-20-25(36)30(14-22(32)33)27(43-20)24-26(37)31(15-23(34)35)28(42)44-24/h6-9,12-13H,3-5,10-11,14-15H2,1-2H3,(H,32,33)(H,34,35)(H,38,39,40)/b17-7+,20-9-,21-13-,27-24+. The van der Waals surface area contributed by atoms with Crippen molar-refractivity contribution in [3.8, 4) is 5.75 Å². The molecule has 0 radical (unpaired) electrons. The van der Waals surface area contributed by atoms with Gasteiger partial charge in [0.2, 0.25) is 5.88 Å². The molecule has 0 aliphatic carbocycles. The molecule has 1 aromatic heterocycles. The van der Waals surface area contributed by atoms with Gasteiger partial charge in [-0.1, -0.05) is 43.0 Å². The van der Waals surface area contributed by atoms with E-state index in [2.05, 4.69) is 0 Å². The smallest absolute Gasteiger partial charge is 0.323 e. The van der Waals surface area contributed by atoms with E-state index < -0.39 is 46.6 Å². The lowest BCUT2D eigenvalue weighted by molar-refractivity contribution is -0.140. The number of aryl methyl sites for hydroxylation is 1. The highest BCUT2D eigenvalue weighted by atomic mass is 32.2. The number of anilines is 1. The summed E-state index contributed by atoms with van der Waals surface area (Å²) in [6.07, 6.45) is 6.20. The number of amides is 1. The van der Waals surface area contributed by atoms with Crippen molar-refractivity contribution in [1.82, 2.24) is 9.47 Å². The number of ether oxygens (including phenoxy) is 1. The number of carbonyl (C=O) groups is 3. The van der Waals surface area contributed by atoms with Crippen molar-refractivity contribution in [2.75, 3.05) is 23.7 Å². The van der Waals surface area contributed by atoms with Crippen molar-refractivity contribution in [1.29, 1.82) is 0 Å². The first-order valence-electron chi connectivity index (χ1n) is 13.5. The molecule has 4 rings (SSSR count). The Morgan fingerprint density at radius 3 is 2.44 bits per heavy atom. The van der Waals surface area contributed by atoms with Crippen molar-refractivity contribution >= 4 is 84.3 Å². The number of rotatable bonds is 12. The van der Waals surface area contributed by atoms with Gasteiger partial charge < -0.3 is 19.8 Å². The number of hydrogen-bond acceptors (Lipinski definition) is 11. The fourth-order valence-electron chi connectivity index (χ4n) is 4.49. The molecule has 2 aromatic rings. The number of allylic oxidation sites excluding steroid dienone is 3. The lowest BCUT2D eigenvalue weighted by atomic mass is 10.1. The second-order valence-electron chi connectivity index (χ2n) is 10.0.